The summed E-state index contributed by atoms with van der Waals surface area (Å²) in [6.45, 7) is 0.574. The zero-order valence-corrected chi connectivity index (χ0v) is 18.9. The number of ether oxygens (including phenoxy) is 1. The number of nitrogens with one attached hydrogen (secondary N) is 1. The van der Waals surface area contributed by atoms with Gasteiger partial charge in [-0.05, 0) is 68.7 Å². The first-order chi connectivity index (χ1) is 14.9. The van der Waals surface area contributed by atoms with E-state index in [1.165, 1.54) is 23.4 Å². The summed E-state index contributed by atoms with van der Waals surface area (Å²) in [6.07, 6.45) is 1.43. The number of hydrogen-bond acceptors (Lipinski definition) is 6. The van der Waals surface area contributed by atoms with E-state index in [1.54, 1.807) is 6.92 Å². The van der Waals surface area contributed by atoms with Crippen molar-refractivity contribution in [1.29, 1.82) is 0 Å². The maximum Gasteiger partial charge on any atom is 0.387 e. The van der Waals surface area contributed by atoms with Crippen LogP contribution in [0.5, 0.6) is 5.75 Å². The summed E-state index contributed by atoms with van der Waals surface area (Å²) in [7, 11) is -8.32. The Morgan fingerprint density at radius 1 is 1.12 bits per heavy atom. The molecule has 3 rings (SSSR count). The first-order valence-electron chi connectivity index (χ1n) is 9.66. The van der Waals surface area contributed by atoms with Gasteiger partial charge < -0.3 is 4.74 Å². The molecule has 174 valence electrons. The van der Waals surface area contributed by atoms with Crippen LogP contribution in [0.3, 0.4) is 0 Å². The van der Waals surface area contributed by atoms with Crippen molar-refractivity contribution in [3.05, 3.63) is 53.6 Å². The van der Waals surface area contributed by atoms with Crippen molar-refractivity contribution in [1.82, 2.24) is 9.03 Å². The number of rotatable bonds is 7. The highest BCUT2D eigenvalue weighted by molar-refractivity contribution is 7.90. The van der Waals surface area contributed by atoms with Gasteiger partial charge in [0.2, 0.25) is 10.0 Å². The summed E-state index contributed by atoms with van der Waals surface area (Å²) in [5, 5.41) is 0. The zero-order valence-electron chi connectivity index (χ0n) is 17.3. The monoisotopic (exact) mass is 488 g/mol. The summed E-state index contributed by atoms with van der Waals surface area (Å²) in [5.41, 5.74) is 0.141. The zero-order chi connectivity index (χ0) is 23.7. The Balaban J connectivity index is 1.86. The number of carbonyl (C=O) groups excluding carboxylic acids is 1. The van der Waals surface area contributed by atoms with Crippen molar-refractivity contribution in [2.24, 2.45) is 0 Å². The van der Waals surface area contributed by atoms with Crippen molar-refractivity contribution in [2.45, 2.75) is 49.1 Å². The highest BCUT2D eigenvalue weighted by Crippen LogP contribution is 2.28. The molecule has 0 spiro atoms. The lowest BCUT2D eigenvalue weighted by Crippen LogP contribution is -2.34. The molecule has 1 atom stereocenters. The number of benzene rings is 2. The van der Waals surface area contributed by atoms with E-state index in [2.05, 4.69) is 4.74 Å². The number of hydrogen-bond donors (Lipinski definition) is 1. The van der Waals surface area contributed by atoms with Gasteiger partial charge >= 0.3 is 6.61 Å². The third-order valence-corrected chi connectivity index (χ3v) is 8.60. The first-order valence-corrected chi connectivity index (χ1v) is 12.6. The van der Waals surface area contributed by atoms with Gasteiger partial charge in [-0.3, -0.25) is 4.79 Å². The molecule has 1 unspecified atom stereocenters. The molecule has 1 N–H and O–H groups in total. The molecule has 0 saturated carbocycles. The Hall–Kier alpha value is -2.57. The third kappa shape index (κ3) is 5.08. The minimum atomic E-state index is -4.42. The minimum Gasteiger partial charge on any atom is -0.435 e. The molecule has 1 aliphatic rings. The van der Waals surface area contributed by atoms with Crippen LogP contribution in [0.4, 0.5) is 8.78 Å². The Morgan fingerprint density at radius 3 is 2.34 bits per heavy atom. The lowest BCUT2D eigenvalue weighted by Gasteiger charge is -2.21. The number of halogens is 2. The maximum absolute atomic E-state index is 13.0. The molecule has 32 heavy (non-hydrogen) atoms. The van der Waals surface area contributed by atoms with Gasteiger partial charge in [-0.2, -0.15) is 13.1 Å². The fourth-order valence-corrected chi connectivity index (χ4v) is 6.50. The molecular weight excluding hydrogens is 466 g/mol. The molecule has 1 fully saturated rings. The van der Waals surface area contributed by atoms with Crippen molar-refractivity contribution in [2.75, 3.05) is 6.54 Å². The van der Waals surface area contributed by atoms with Crippen LogP contribution >= 0.6 is 0 Å². The van der Waals surface area contributed by atoms with E-state index >= 15 is 0 Å². The van der Waals surface area contributed by atoms with Gasteiger partial charge in [0, 0.05) is 18.2 Å². The molecule has 2 aromatic carbocycles. The van der Waals surface area contributed by atoms with E-state index in [0.29, 0.717) is 19.4 Å². The van der Waals surface area contributed by atoms with Crippen LogP contribution in [0.2, 0.25) is 0 Å². The van der Waals surface area contributed by atoms with Crippen LogP contribution in [-0.4, -0.2) is 46.2 Å². The Labute approximate surface area is 185 Å². The molecule has 0 radical (unpaired) electrons. The fourth-order valence-electron chi connectivity index (χ4n) is 3.45. The lowest BCUT2D eigenvalue weighted by atomic mass is 10.2. The molecule has 0 aromatic heterocycles. The molecular formula is C20H22F2N2O6S2. The Bertz CT molecular complexity index is 1220. The second kappa shape index (κ2) is 9.12. The van der Waals surface area contributed by atoms with Gasteiger partial charge in [0.1, 0.15) is 5.75 Å². The van der Waals surface area contributed by atoms with E-state index in [4.69, 9.17) is 0 Å². The molecule has 1 saturated heterocycles. The van der Waals surface area contributed by atoms with E-state index in [1.807, 2.05) is 4.72 Å². The topological polar surface area (TPSA) is 110 Å². The summed E-state index contributed by atoms with van der Waals surface area (Å²) in [5.74, 6) is -1.20. The average molecular weight is 489 g/mol. The number of aryl methyl sites for hydroxylation is 1. The number of nitrogens with zero attached hydrogens (tertiary/aromatic N) is 1. The minimum absolute atomic E-state index is 0.109. The molecule has 8 nitrogen and oxygen atoms in total. The smallest absolute Gasteiger partial charge is 0.387 e. The van der Waals surface area contributed by atoms with Crippen LogP contribution in [-0.2, 0) is 20.0 Å². The van der Waals surface area contributed by atoms with Crippen molar-refractivity contribution in [3.63, 3.8) is 0 Å². The van der Waals surface area contributed by atoms with E-state index in [0.717, 1.165) is 30.3 Å². The Kier molecular flexibility index (Phi) is 6.86. The fraction of sp³-hybridized carbons (Fsp3) is 0.350. The molecule has 12 heteroatoms. The predicted octanol–water partition coefficient (Wildman–Crippen LogP) is 2.89. The highest BCUT2D eigenvalue weighted by Gasteiger charge is 2.33. The number of sulfonamides is 2. The molecule has 0 bridgehead atoms. The van der Waals surface area contributed by atoms with E-state index in [-0.39, 0.29) is 32.7 Å². The molecule has 0 aliphatic carbocycles. The lowest BCUT2D eigenvalue weighted by molar-refractivity contribution is -0.0498. The maximum atomic E-state index is 13.0. The number of amides is 1. The average Bonchev–Trinajstić information content (AvgIpc) is 3.14. The van der Waals surface area contributed by atoms with Gasteiger partial charge in [-0.15, -0.1) is 0 Å². The van der Waals surface area contributed by atoms with Crippen LogP contribution < -0.4 is 9.46 Å². The van der Waals surface area contributed by atoms with Gasteiger partial charge in [0.15, 0.2) is 0 Å². The standard InChI is InChI=1S/C20H22F2N2O6S2/c1-13-5-10-17(32(28,29)24-11-3-4-14(24)2)12-18(13)31(26,27)23-19(25)15-6-8-16(9-7-15)30-20(21)22/h5-10,12,14,20H,3-4,11H2,1-2H3,(H,23,25). The largest absolute Gasteiger partial charge is 0.435 e. The number of carbonyl (C=O) groups is 1. The SMILES string of the molecule is Cc1ccc(S(=O)(=O)N2CCCC2C)cc1S(=O)(=O)NC(=O)c1ccc(OC(F)F)cc1. The van der Waals surface area contributed by atoms with Crippen molar-refractivity contribution in [3.8, 4) is 5.75 Å². The molecule has 1 heterocycles. The summed E-state index contributed by atoms with van der Waals surface area (Å²) >= 11 is 0. The Morgan fingerprint density at radius 2 is 1.78 bits per heavy atom. The van der Waals surface area contributed by atoms with E-state index < -0.39 is 32.6 Å². The molecule has 1 amide bonds. The summed E-state index contributed by atoms with van der Waals surface area (Å²) in [6, 6.07) is 7.99. The van der Waals surface area contributed by atoms with E-state index in [9.17, 15) is 30.4 Å². The third-order valence-electron chi connectivity index (χ3n) is 5.12. The van der Waals surface area contributed by atoms with Gasteiger partial charge in [0.25, 0.3) is 15.9 Å². The van der Waals surface area contributed by atoms with Gasteiger partial charge in [-0.1, -0.05) is 6.07 Å². The van der Waals surface area contributed by atoms with Crippen LogP contribution in [0, 0.1) is 6.92 Å². The highest BCUT2D eigenvalue weighted by atomic mass is 32.2. The molecule has 2 aromatic rings. The summed E-state index contributed by atoms with van der Waals surface area (Å²) < 4.78 is 83.5. The van der Waals surface area contributed by atoms with Crippen molar-refractivity contribution < 1.29 is 35.1 Å². The first kappa shape index (κ1) is 24.1. The van der Waals surface area contributed by atoms with Crippen LogP contribution in [0.25, 0.3) is 0 Å². The number of alkyl halides is 2. The quantitative estimate of drug-likeness (QED) is 0.642. The normalized spacial score (nSPS) is 17.5. The molecule has 1 aliphatic heterocycles. The van der Waals surface area contributed by atoms with Crippen LogP contribution in [0.15, 0.2) is 52.3 Å². The second-order valence-corrected chi connectivity index (χ2v) is 10.9. The second-order valence-electron chi connectivity index (χ2n) is 7.37. The van der Waals surface area contributed by atoms with Crippen molar-refractivity contribution >= 4 is 26.0 Å². The van der Waals surface area contributed by atoms with Gasteiger partial charge in [-0.25, -0.2) is 21.6 Å². The van der Waals surface area contributed by atoms with Gasteiger partial charge in [0.05, 0.1) is 9.79 Å². The predicted molar refractivity (Wildman–Crippen MR) is 111 cm³/mol. The van der Waals surface area contributed by atoms with Crippen LogP contribution in [0.1, 0.15) is 35.7 Å². The summed E-state index contributed by atoms with van der Waals surface area (Å²) in [4.78, 5) is 11.9.